The highest BCUT2D eigenvalue weighted by Crippen LogP contribution is 2.36. The van der Waals surface area contributed by atoms with Gasteiger partial charge in [-0.15, -0.1) is 0 Å². The number of carbonyl (C=O) groups is 3. The minimum Gasteiger partial charge on any atom is -0.481 e. The summed E-state index contributed by atoms with van der Waals surface area (Å²) >= 11 is 18.0. The fourth-order valence-electron chi connectivity index (χ4n) is 2.60. The average Bonchev–Trinajstić information content (AvgIpc) is 3.18. The fraction of sp³-hybridized carbons (Fsp3) is 0.111. The largest absolute Gasteiger partial charge is 0.481 e. The highest BCUT2D eigenvalue weighted by Gasteiger charge is 2.41. The van der Waals surface area contributed by atoms with Crippen LogP contribution >= 0.6 is 47.2 Å². The van der Waals surface area contributed by atoms with Crippen LogP contribution in [0.2, 0.25) is 10.0 Å². The summed E-state index contributed by atoms with van der Waals surface area (Å²) in [5, 5.41) is 19.1. The van der Waals surface area contributed by atoms with Crippen LogP contribution in [0.5, 0.6) is 0 Å². The Bertz CT molecular complexity index is 1060. The Hall–Kier alpha value is -2.33. The Morgan fingerprint density at radius 2 is 1.97 bits per heavy atom. The second-order valence-electron chi connectivity index (χ2n) is 5.83. The first-order chi connectivity index (χ1) is 13.7. The molecule has 0 unspecified atom stereocenters. The van der Waals surface area contributed by atoms with Crippen LogP contribution < -0.4 is 0 Å². The van der Waals surface area contributed by atoms with Gasteiger partial charge >= 0.3 is 11.9 Å². The number of rotatable bonds is 6. The van der Waals surface area contributed by atoms with Gasteiger partial charge in [0.25, 0.3) is 5.91 Å². The Balaban J connectivity index is 1.87. The van der Waals surface area contributed by atoms with E-state index in [1.165, 1.54) is 6.08 Å². The van der Waals surface area contributed by atoms with Gasteiger partial charge in [0, 0.05) is 16.7 Å². The van der Waals surface area contributed by atoms with Crippen molar-refractivity contribution >= 4 is 75.4 Å². The van der Waals surface area contributed by atoms with E-state index in [1.807, 2.05) is 0 Å². The van der Waals surface area contributed by atoms with Crippen LogP contribution in [0.25, 0.3) is 17.4 Å². The number of aliphatic carboxylic acids is 2. The number of carboxylic acids is 2. The number of nitrogens with zero attached hydrogens (tertiary/aromatic N) is 1. The molecule has 0 radical (unpaired) electrons. The number of thiocarbonyl (C=S) groups is 1. The molecule has 1 fully saturated rings. The van der Waals surface area contributed by atoms with Crippen molar-refractivity contribution in [2.45, 2.75) is 12.5 Å². The molecule has 29 heavy (non-hydrogen) atoms. The van der Waals surface area contributed by atoms with Crippen molar-refractivity contribution in [2.24, 2.45) is 0 Å². The molecule has 2 N–H and O–H groups in total. The van der Waals surface area contributed by atoms with Gasteiger partial charge in [-0.25, -0.2) is 4.79 Å². The molecule has 7 nitrogen and oxygen atoms in total. The molecule has 1 atom stereocenters. The van der Waals surface area contributed by atoms with Gasteiger partial charge in [-0.05, 0) is 30.3 Å². The van der Waals surface area contributed by atoms with Crippen molar-refractivity contribution in [3.63, 3.8) is 0 Å². The number of hydrogen-bond acceptors (Lipinski definition) is 6. The number of amides is 1. The van der Waals surface area contributed by atoms with Crippen LogP contribution in [0.3, 0.4) is 0 Å². The van der Waals surface area contributed by atoms with E-state index in [0.29, 0.717) is 27.1 Å². The summed E-state index contributed by atoms with van der Waals surface area (Å²) in [5.41, 5.74) is 0.607. The molecule has 1 saturated heterocycles. The molecular formula is C18H11Cl2NO6S2. The molecule has 0 spiro atoms. The molecule has 0 aliphatic carbocycles. The third-order valence-corrected chi connectivity index (χ3v) is 5.76. The lowest BCUT2D eigenvalue weighted by molar-refractivity contribution is -0.150. The summed E-state index contributed by atoms with van der Waals surface area (Å²) in [6.45, 7) is 0. The maximum absolute atomic E-state index is 12.6. The van der Waals surface area contributed by atoms with Crippen LogP contribution in [0.4, 0.5) is 0 Å². The maximum atomic E-state index is 12.6. The van der Waals surface area contributed by atoms with Gasteiger partial charge in [0.2, 0.25) is 0 Å². The molecule has 1 aromatic heterocycles. The third kappa shape index (κ3) is 4.64. The van der Waals surface area contributed by atoms with Gasteiger partial charge in [0.05, 0.1) is 16.3 Å². The molecular weight excluding hydrogens is 461 g/mol. The Morgan fingerprint density at radius 3 is 2.59 bits per heavy atom. The van der Waals surface area contributed by atoms with Crippen LogP contribution in [0.1, 0.15) is 12.2 Å². The minimum absolute atomic E-state index is 0.0394. The normalized spacial score (nSPS) is 16.5. The first kappa shape index (κ1) is 21.4. The molecule has 150 valence electrons. The first-order valence-corrected chi connectivity index (χ1v) is 9.92. The molecule has 2 heterocycles. The predicted octanol–water partition coefficient (Wildman–Crippen LogP) is 4.38. The lowest BCUT2D eigenvalue weighted by Crippen LogP contribution is -2.45. The van der Waals surface area contributed by atoms with E-state index >= 15 is 0 Å². The number of carboxylic acid groups (broad SMARTS) is 2. The van der Waals surface area contributed by atoms with E-state index in [-0.39, 0.29) is 9.23 Å². The zero-order valence-electron chi connectivity index (χ0n) is 14.3. The fourth-order valence-corrected chi connectivity index (χ4v) is 4.44. The Kier molecular flexibility index (Phi) is 6.33. The summed E-state index contributed by atoms with van der Waals surface area (Å²) in [4.78, 5) is 35.9. The molecule has 1 aromatic carbocycles. The predicted molar refractivity (Wildman–Crippen MR) is 113 cm³/mol. The molecule has 1 aliphatic rings. The van der Waals surface area contributed by atoms with Gasteiger partial charge in [-0.2, -0.15) is 0 Å². The Morgan fingerprint density at radius 1 is 1.24 bits per heavy atom. The number of halogens is 2. The standard InChI is InChI=1S/C18H11Cl2NO6S2/c19-8-1-3-10(11(20)5-8)13-4-2-9(27-13)6-14-16(24)21(18(28)29-14)12(17(25)26)7-15(22)23/h1-6,12H,7H2,(H,22,23)(H,25,26)/b14-6+/t12-/m0/s1. The lowest BCUT2D eigenvalue weighted by Gasteiger charge is -2.21. The summed E-state index contributed by atoms with van der Waals surface area (Å²) in [6.07, 6.45) is 0.640. The zero-order chi connectivity index (χ0) is 21.3. The molecule has 0 bridgehead atoms. The summed E-state index contributed by atoms with van der Waals surface area (Å²) in [5.74, 6) is -2.75. The molecule has 2 aromatic rings. The monoisotopic (exact) mass is 471 g/mol. The molecule has 0 saturated carbocycles. The maximum Gasteiger partial charge on any atom is 0.327 e. The summed E-state index contributed by atoms with van der Waals surface area (Å²) in [6, 6.07) is 6.59. The van der Waals surface area contributed by atoms with Gasteiger partial charge in [0.15, 0.2) is 0 Å². The first-order valence-electron chi connectivity index (χ1n) is 7.94. The van der Waals surface area contributed by atoms with E-state index in [4.69, 9.17) is 44.9 Å². The summed E-state index contributed by atoms with van der Waals surface area (Å²) in [7, 11) is 0. The summed E-state index contributed by atoms with van der Waals surface area (Å²) < 4.78 is 5.66. The van der Waals surface area contributed by atoms with Crippen molar-refractivity contribution in [3.05, 3.63) is 51.0 Å². The van der Waals surface area contributed by atoms with Crippen molar-refractivity contribution in [1.29, 1.82) is 0 Å². The topological polar surface area (TPSA) is 108 Å². The number of hydrogen-bond donors (Lipinski definition) is 2. The van der Waals surface area contributed by atoms with Gasteiger partial charge < -0.3 is 14.6 Å². The van der Waals surface area contributed by atoms with Crippen molar-refractivity contribution < 1.29 is 29.0 Å². The quantitative estimate of drug-likeness (QED) is 0.471. The second-order valence-corrected chi connectivity index (χ2v) is 8.35. The van der Waals surface area contributed by atoms with E-state index in [2.05, 4.69) is 0 Å². The number of benzene rings is 1. The molecule has 3 rings (SSSR count). The van der Waals surface area contributed by atoms with Gasteiger partial charge in [0.1, 0.15) is 21.9 Å². The van der Waals surface area contributed by atoms with Crippen LogP contribution in [-0.4, -0.2) is 43.3 Å². The number of thioether (sulfide) groups is 1. The average molecular weight is 472 g/mol. The van der Waals surface area contributed by atoms with Crippen molar-refractivity contribution in [1.82, 2.24) is 4.90 Å². The van der Waals surface area contributed by atoms with E-state index < -0.39 is 30.3 Å². The zero-order valence-corrected chi connectivity index (χ0v) is 17.4. The molecule has 1 amide bonds. The lowest BCUT2D eigenvalue weighted by atomic mass is 10.2. The van der Waals surface area contributed by atoms with Crippen molar-refractivity contribution in [2.75, 3.05) is 0 Å². The van der Waals surface area contributed by atoms with Crippen LogP contribution in [-0.2, 0) is 14.4 Å². The van der Waals surface area contributed by atoms with Gasteiger partial charge in [-0.3, -0.25) is 14.5 Å². The number of furan rings is 1. The Labute approximate surface area is 183 Å². The van der Waals surface area contributed by atoms with E-state index in [0.717, 1.165) is 16.7 Å². The van der Waals surface area contributed by atoms with Crippen molar-refractivity contribution in [3.8, 4) is 11.3 Å². The van der Waals surface area contributed by atoms with Crippen LogP contribution in [0.15, 0.2) is 39.7 Å². The number of carbonyl (C=O) groups excluding carboxylic acids is 1. The van der Waals surface area contributed by atoms with Crippen LogP contribution in [0, 0.1) is 0 Å². The highest BCUT2D eigenvalue weighted by molar-refractivity contribution is 8.26. The molecule has 11 heteroatoms. The minimum atomic E-state index is -1.59. The third-order valence-electron chi connectivity index (χ3n) is 3.88. The van der Waals surface area contributed by atoms with E-state index in [9.17, 15) is 19.5 Å². The van der Waals surface area contributed by atoms with E-state index in [1.54, 1.807) is 30.3 Å². The molecule has 1 aliphatic heterocycles. The highest BCUT2D eigenvalue weighted by atomic mass is 35.5. The smallest absolute Gasteiger partial charge is 0.327 e. The SMILES string of the molecule is O=C(O)C[C@@H](C(=O)O)N1C(=O)/C(=C\c2ccc(-c3ccc(Cl)cc3Cl)o2)SC1=S. The van der Waals surface area contributed by atoms with Gasteiger partial charge in [-0.1, -0.05) is 47.2 Å². The second kappa shape index (κ2) is 8.58.